The van der Waals surface area contributed by atoms with Gasteiger partial charge in [0.05, 0.1) is 3.26 Å². The summed E-state index contributed by atoms with van der Waals surface area (Å²) in [5, 5.41) is 0. The van der Waals surface area contributed by atoms with Gasteiger partial charge >= 0.3 is 0 Å². The van der Waals surface area contributed by atoms with Gasteiger partial charge in [0.25, 0.3) is 0 Å². The Morgan fingerprint density at radius 1 is 2.00 bits per heavy atom. The van der Waals surface area contributed by atoms with Crippen molar-refractivity contribution in [2.75, 3.05) is 0 Å². The van der Waals surface area contributed by atoms with Gasteiger partial charge in [-0.1, -0.05) is 35.2 Å². The summed E-state index contributed by atoms with van der Waals surface area (Å²) in [4.78, 5) is 0. The highest BCUT2D eigenvalue weighted by atomic mass is 127. The molecule has 0 spiro atoms. The standard InChI is InChI=1S/C2H3IS/c1-2(3)4/h2H,1H2. The number of hydrogen-bond acceptors (Lipinski definition) is 0. The quantitative estimate of drug-likeness (QED) is 0.399. The molecule has 4 heavy (non-hydrogen) atoms. The monoisotopic (exact) mass is 186 g/mol. The van der Waals surface area contributed by atoms with E-state index in [1.54, 1.807) is 0 Å². The van der Waals surface area contributed by atoms with Crippen LogP contribution in [0.25, 0.3) is 0 Å². The maximum absolute atomic E-state index is 4.50. The second-order valence-electron chi connectivity index (χ2n) is 0.410. The molecule has 0 aromatic rings. The number of halogens is 1. The molecule has 0 aliphatic rings. The third kappa shape index (κ3) is 11.4. The largest absolute Gasteiger partial charge is 0.0789 e. The molecule has 0 aliphatic heterocycles. The SMILES string of the molecule is [CH2]C([S])I. The summed E-state index contributed by atoms with van der Waals surface area (Å²) in [5.74, 6) is 0. The average Bonchev–Trinajstić information content (AvgIpc) is 0.811. The Morgan fingerprint density at radius 3 is 2.00 bits per heavy atom. The van der Waals surface area contributed by atoms with Gasteiger partial charge in [-0.3, -0.25) is 0 Å². The maximum Gasteiger partial charge on any atom is 0.0669 e. The Kier molecular flexibility index (Phi) is 2.95. The molecule has 24 valence electrons. The molecule has 0 amide bonds. The summed E-state index contributed by atoms with van der Waals surface area (Å²) in [5.41, 5.74) is 0. The summed E-state index contributed by atoms with van der Waals surface area (Å²) >= 11 is 6.54. The zero-order chi connectivity index (χ0) is 3.58. The second kappa shape index (κ2) is 2.33. The fourth-order valence-corrected chi connectivity index (χ4v) is 0. The van der Waals surface area contributed by atoms with Crippen molar-refractivity contribution in [2.24, 2.45) is 0 Å². The summed E-state index contributed by atoms with van der Waals surface area (Å²) in [7, 11) is 0. The smallest absolute Gasteiger partial charge is 0.0669 e. The minimum absolute atomic E-state index is 0.137. The van der Waals surface area contributed by atoms with Crippen molar-refractivity contribution >= 4 is 35.2 Å². The minimum atomic E-state index is 0.137. The van der Waals surface area contributed by atoms with Crippen LogP contribution < -0.4 is 0 Å². The molecular weight excluding hydrogens is 183 g/mol. The van der Waals surface area contributed by atoms with Gasteiger partial charge in [0.1, 0.15) is 0 Å². The van der Waals surface area contributed by atoms with E-state index < -0.39 is 0 Å². The average molecular weight is 186 g/mol. The van der Waals surface area contributed by atoms with Gasteiger partial charge < -0.3 is 0 Å². The Bertz CT molecular complexity index is 10.8. The van der Waals surface area contributed by atoms with Crippen LogP contribution in [0.15, 0.2) is 0 Å². The van der Waals surface area contributed by atoms with E-state index in [4.69, 9.17) is 0 Å². The predicted octanol–water partition coefficient (Wildman–Crippen LogP) is 1.78. The van der Waals surface area contributed by atoms with Crippen LogP contribution in [0.3, 0.4) is 0 Å². The summed E-state index contributed by atoms with van der Waals surface area (Å²) in [6.45, 7) is 3.44. The second-order valence-corrected chi connectivity index (χ2v) is 3.33. The molecule has 0 rings (SSSR count). The van der Waals surface area contributed by atoms with Crippen molar-refractivity contribution in [3.05, 3.63) is 6.92 Å². The van der Waals surface area contributed by atoms with Crippen LogP contribution in [0.4, 0.5) is 0 Å². The fourth-order valence-electron chi connectivity index (χ4n) is 0. The summed E-state index contributed by atoms with van der Waals surface area (Å²) in [6, 6.07) is 0. The van der Waals surface area contributed by atoms with E-state index in [0.29, 0.717) is 0 Å². The molecule has 2 heteroatoms. The van der Waals surface area contributed by atoms with Gasteiger partial charge in [-0.05, 0) is 6.92 Å². The first-order chi connectivity index (χ1) is 1.73. The molecule has 1 atom stereocenters. The van der Waals surface area contributed by atoms with Crippen LogP contribution in [0, 0.1) is 6.92 Å². The van der Waals surface area contributed by atoms with Gasteiger partial charge in [-0.2, -0.15) is 0 Å². The van der Waals surface area contributed by atoms with Gasteiger partial charge in [-0.25, -0.2) is 0 Å². The van der Waals surface area contributed by atoms with Crippen molar-refractivity contribution in [3.63, 3.8) is 0 Å². The molecule has 2 radical (unpaired) electrons. The van der Waals surface area contributed by atoms with E-state index in [1.807, 2.05) is 22.6 Å². The highest BCUT2D eigenvalue weighted by Gasteiger charge is 1.74. The van der Waals surface area contributed by atoms with E-state index in [1.165, 1.54) is 0 Å². The van der Waals surface area contributed by atoms with Gasteiger partial charge in [0.15, 0.2) is 0 Å². The van der Waals surface area contributed by atoms with Crippen molar-refractivity contribution in [3.8, 4) is 0 Å². The molecular formula is C2H3IS. The van der Waals surface area contributed by atoms with E-state index in [-0.39, 0.29) is 3.26 Å². The fraction of sp³-hybridized carbons (Fsp3) is 0.500. The first-order valence-corrected chi connectivity index (χ1v) is 2.58. The van der Waals surface area contributed by atoms with Crippen LogP contribution in [0.2, 0.25) is 0 Å². The highest BCUT2D eigenvalue weighted by Crippen LogP contribution is 1.98. The van der Waals surface area contributed by atoms with E-state index in [9.17, 15) is 0 Å². The molecule has 0 aromatic carbocycles. The lowest BCUT2D eigenvalue weighted by Crippen LogP contribution is -1.63. The third-order valence-electron chi connectivity index (χ3n) is 0. The van der Waals surface area contributed by atoms with Crippen LogP contribution in [0.1, 0.15) is 0 Å². The molecule has 0 aliphatic carbocycles. The van der Waals surface area contributed by atoms with E-state index in [2.05, 4.69) is 19.6 Å². The molecule has 0 heterocycles. The van der Waals surface area contributed by atoms with Gasteiger partial charge in [0, 0.05) is 0 Å². The van der Waals surface area contributed by atoms with Crippen molar-refractivity contribution < 1.29 is 0 Å². The molecule has 1 unspecified atom stereocenters. The zero-order valence-corrected chi connectivity index (χ0v) is 5.04. The molecule has 0 fully saturated rings. The molecule has 0 aromatic heterocycles. The van der Waals surface area contributed by atoms with E-state index in [0.717, 1.165) is 0 Å². The first-order valence-electron chi connectivity index (χ1n) is 0.862. The van der Waals surface area contributed by atoms with Crippen molar-refractivity contribution in [2.45, 2.75) is 3.26 Å². The van der Waals surface area contributed by atoms with E-state index >= 15 is 0 Å². The molecule has 0 nitrogen and oxygen atoms in total. The molecule has 0 N–H and O–H groups in total. The normalized spacial score (nSPS) is 15.8. The Balaban J connectivity index is 2.32. The van der Waals surface area contributed by atoms with Gasteiger partial charge in [-0.15, -0.1) is 0 Å². The van der Waals surface area contributed by atoms with Gasteiger partial charge in [0.2, 0.25) is 0 Å². The third-order valence-corrected chi connectivity index (χ3v) is 0. The number of alkyl halides is 1. The van der Waals surface area contributed by atoms with Crippen LogP contribution in [0.5, 0.6) is 0 Å². The van der Waals surface area contributed by atoms with Crippen LogP contribution in [-0.2, 0) is 0 Å². The Morgan fingerprint density at radius 2 is 2.00 bits per heavy atom. The number of rotatable bonds is 0. The lowest BCUT2D eigenvalue weighted by atomic mass is 11.0. The predicted molar refractivity (Wildman–Crippen MR) is 30.8 cm³/mol. The maximum atomic E-state index is 4.50. The van der Waals surface area contributed by atoms with Crippen LogP contribution >= 0.6 is 35.2 Å². The highest BCUT2D eigenvalue weighted by molar-refractivity contribution is 14.1. The topological polar surface area (TPSA) is 0 Å². The lowest BCUT2D eigenvalue weighted by molar-refractivity contribution is 1.79. The Hall–Kier alpha value is 1.08. The number of hydrogen-bond donors (Lipinski definition) is 0. The summed E-state index contributed by atoms with van der Waals surface area (Å²) < 4.78 is 0.137. The van der Waals surface area contributed by atoms with Crippen LogP contribution in [-0.4, -0.2) is 3.26 Å². The Labute approximate surface area is 45.5 Å². The minimum Gasteiger partial charge on any atom is -0.0789 e. The van der Waals surface area contributed by atoms with Crippen molar-refractivity contribution in [1.82, 2.24) is 0 Å². The van der Waals surface area contributed by atoms with Crippen molar-refractivity contribution in [1.29, 1.82) is 0 Å². The first kappa shape index (κ1) is 5.08. The lowest BCUT2D eigenvalue weighted by Gasteiger charge is -1.73. The zero-order valence-electron chi connectivity index (χ0n) is 2.07. The molecule has 0 bridgehead atoms. The molecule has 0 saturated carbocycles. The summed E-state index contributed by atoms with van der Waals surface area (Å²) in [6.07, 6.45) is 0. The molecule has 0 saturated heterocycles.